The number of carbonyl (C=O) groups excluding carboxylic acids is 3. The van der Waals surface area contributed by atoms with E-state index in [-0.39, 0.29) is 100 Å². The standard InChI is InChI=1S/C50H73F3N10O10/c1-34(49(67)68)48(37-3-4-37)38-5-2-35-6-8-42(72-44(35)29-38)36-10-19-62(20-11-36)30-39-28-41(7-9-43(39)73-50(51,52)53)63-31-40(59-60-63)32-70-26-24-69-25-27-71-33-47(66)58-18-23-61(21-12-45(64)56-16-14-54)22-13-46(65)57-17-15-55/h2,5,7,9,28-29,31,34,36-37,42,48H,3-4,6,8,10-27,30,32-33,54-55H2,1H3,(H,56,64)(H,57,65)(H,58,66)(H,67,68)/t34-,42+,48-/m0/s1. The number of likely N-dealkylation sites (tertiary alicyclic amines) is 1. The summed E-state index contributed by atoms with van der Waals surface area (Å²) in [6.45, 7) is 7.08. The number of aryl methyl sites for hydroxylation is 1. The Kier molecular flexibility index (Phi) is 22.5. The zero-order valence-electron chi connectivity index (χ0n) is 41.8. The van der Waals surface area contributed by atoms with Crippen molar-refractivity contribution < 1.29 is 61.1 Å². The van der Waals surface area contributed by atoms with E-state index in [1.165, 1.54) is 16.8 Å². The van der Waals surface area contributed by atoms with Crippen molar-refractivity contribution in [1.82, 2.24) is 40.7 Å². The first-order valence-electron chi connectivity index (χ1n) is 25.4. The van der Waals surface area contributed by atoms with Crippen LogP contribution in [0, 0.1) is 17.8 Å². The van der Waals surface area contributed by atoms with E-state index in [1.807, 2.05) is 4.90 Å². The molecule has 0 bridgehead atoms. The van der Waals surface area contributed by atoms with Gasteiger partial charge >= 0.3 is 12.3 Å². The van der Waals surface area contributed by atoms with Gasteiger partial charge in [0.15, 0.2) is 0 Å². The van der Waals surface area contributed by atoms with Gasteiger partial charge in [-0.2, -0.15) is 0 Å². The molecule has 1 aliphatic carbocycles. The lowest BCUT2D eigenvalue weighted by Gasteiger charge is -2.38. The fourth-order valence-corrected chi connectivity index (χ4v) is 9.33. The predicted molar refractivity (Wildman–Crippen MR) is 262 cm³/mol. The number of amides is 3. The van der Waals surface area contributed by atoms with Gasteiger partial charge in [0.05, 0.1) is 50.8 Å². The smallest absolute Gasteiger partial charge is 0.490 e. The molecule has 1 saturated heterocycles. The Hall–Kier alpha value is -5.43. The molecule has 2 fully saturated rings. The molecule has 3 amide bonds. The summed E-state index contributed by atoms with van der Waals surface area (Å²) in [6, 6.07) is 10.6. The normalized spacial score (nSPS) is 17.1. The predicted octanol–water partition coefficient (Wildman–Crippen LogP) is 2.88. The van der Waals surface area contributed by atoms with Crippen molar-refractivity contribution in [1.29, 1.82) is 0 Å². The number of rotatable bonds is 32. The summed E-state index contributed by atoms with van der Waals surface area (Å²) in [6.07, 6.45) is 2.64. The molecule has 3 aliphatic rings. The SMILES string of the molecule is C[C@H](C(=O)O)[C@H](c1ccc2c(c1)O[C@@H](C1CCN(Cc3cc(-n4cc(COCCOCCOCC(=O)NCCN(CCC(=O)NCCN)CCC(=O)NCCN)nn4)ccc3OC(F)(F)F)CC1)CC2)C1CC1. The van der Waals surface area contributed by atoms with Crippen molar-refractivity contribution in [2.45, 2.75) is 89.8 Å². The second-order valence-corrected chi connectivity index (χ2v) is 18.8. The third kappa shape index (κ3) is 19.1. The lowest BCUT2D eigenvalue weighted by molar-refractivity contribution is -0.275. The first-order valence-corrected chi connectivity index (χ1v) is 25.4. The fraction of sp³-hybridized carbons (Fsp3) is 0.640. The number of ether oxygens (including phenoxy) is 5. The number of carboxylic acids is 1. The van der Waals surface area contributed by atoms with Crippen LogP contribution in [0.25, 0.3) is 5.69 Å². The molecule has 3 heterocycles. The average molecular weight is 1030 g/mol. The average Bonchev–Trinajstić information content (AvgIpc) is 4.10. The van der Waals surface area contributed by atoms with Crippen LogP contribution in [0.5, 0.6) is 11.5 Å². The van der Waals surface area contributed by atoms with E-state index >= 15 is 0 Å². The Labute approximate surface area is 424 Å². The van der Waals surface area contributed by atoms with Crippen LogP contribution in [0.3, 0.4) is 0 Å². The Balaban J connectivity index is 0.884. The number of piperidine rings is 1. The van der Waals surface area contributed by atoms with Gasteiger partial charge in [-0.15, -0.1) is 18.3 Å². The van der Waals surface area contributed by atoms with Gasteiger partial charge < -0.3 is 61.1 Å². The molecule has 0 unspecified atom stereocenters. The number of alkyl halides is 3. The summed E-state index contributed by atoms with van der Waals surface area (Å²) in [5.41, 5.74) is 14.4. The zero-order valence-corrected chi connectivity index (χ0v) is 41.8. The van der Waals surface area contributed by atoms with Gasteiger partial charge in [0.25, 0.3) is 0 Å². The van der Waals surface area contributed by atoms with E-state index in [4.69, 9.17) is 30.4 Å². The largest absolute Gasteiger partial charge is 0.573 e. The number of benzene rings is 2. The topological polar surface area (TPSA) is 260 Å². The van der Waals surface area contributed by atoms with Gasteiger partial charge in [-0.25, -0.2) is 4.68 Å². The number of nitrogens with zero attached hydrogens (tertiary/aromatic N) is 5. The van der Waals surface area contributed by atoms with Crippen LogP contribution in [-0.2, 0) is 53.0 Å². The first-order chi connectivity index (χ1) is 35.2. The summed E-state index contributed by atoms with van der Waals surface area (Å²) in [5, 5.41) is 26.4. The van der Waals surface area contributed by atoms with Gasteiger partial charge in [-0.1, -0.05) is 24.3 Å². The highest BCUT2D eigenvalue weighted by Crippen LogP contribution is 2.48. The number of aromatic nitrogens is 3. The van der Waals surface area contributed by atoms with Crippen LogP contribution in [0.15, 0.2) is 42.6 Å². The molecule has 23 heteroatoms. The van der Waals surface area contributed by atoms with Crippen LogP contribution in [0.1, 0.15) is 80.2 Å². The minimum absolute atomic E-state index is 0.00191. The molecule has 1 saturated carbocycles. The van der Waals surface area contributed by atoms with Crippen molar-refractivity contribution in [2.75, 3.05) is 98.5 Å². The van der Waals surface area contributed by atoms with Crippen LogP contribution < -0.4 is 36.9 Å². The molecule has 0 spiro atoms. The number of hydrogen-bond donors (Lipinski definition) is 6. The summed E-state index contributed by atoms with van der Waals surface area (Å²) < 4.78 is 69.9. The highest BCUT2D eigenvalue weighted by Gasteiger charge is 2.40. The molecule has 6 rings (SSSR count). The summed E-state index contributed by atoms with van der Waals surface area (Å²) in [7, 11) is 0. The second kappa shape index (κ2) is 28.9. The molecular formula is C50H73F3N10O10. The highest BCUT2D eigenvalue weighted by atomic mass is 19.4. The fourth-order valence-electron chi connectivity index (χ4n) is 9.33. The van der Waals surface area contributed by atoms with Crippen molar-refractivity contribution in [3.63, 3.8) is 0 Å². The lowest BCUT2D eigenvalue weighted by Crippen LogP contribution is -2.40. The molecule has 20 nitrogen and oxygen atoms in total. The Morgan fingerprint density at radius 2 is 1.52 bits per heavy atom. The van der Waals surface area contributed by atoms with E-state index in [0.717, 1.165) is 55.4 Å². The number of halogens is 3. The van der Waals surface area contributed by atoms with Gasteiger partial charge in [0, 0.05) is 77.3 Å². The minimum atomic E-state index is -4.88. The molecule has 1 aromatic heterocycles. The third-order valence-corrected chi connectivity index (χ3v) is 13.4. The molecule has 0 radical (unpaired) electrons. The number of hydrogen-bond acceptors (Lipinski definition) is 15. The number of fused-ring (bicyclic) bond motifs is 1. The molecule has 3 aromatic rings. The van der Waals surface area contributed by atoms with Gasteiger partial charge in [-0.05, 0) is 105 Å². The van der Waals surface area contributed by atoms with Gasteiger partial charge in [0.1, 0.15) is 29.9 Å². The zero-order chi connectivity index (χ0) is 52.2. The van der Waals surface area contributed by atoms with E-state index in [9.17, 15) is 37.5 Å². The number of nitrogens with two attached hydrogens (primary N) is 2. The minimum Gasteiger partial charge on any atom is -0.490 e. The van der Waals surface area contributed by atoms with Crippen LogP contribution in [-0.4, -0.2) is 165 Å². The maximum atomic E-state index is 13.6. The van der Waals surface area contributed by atoms with E-state index < -0.39 is 18.2 Å². The second-order valence-electron chi connectivity index (χ2n) is 18.8. The summed E-state index contributed by atoms with van der Waals surface area (Å²) in [4.78, 5) is 52.5. The Bertz CT molecular complexity index is 2200. The number of nitrogens with one attached hydrogen (secondary N) is 3. The number of carboxylic acid groups (broad SMARTS) is 1. The molecule has 3 atom stereocenters. The molecule has 404 valence electrons. The maximum Gasteiger partial charge on any atom is 0.573 e. The highest BCUT2D eigenvalue weighted by molar-refractivity contribution is 5.77. The van der Waals surface area contributed by atoms with E-state index in [1.54, 1.807) is 19.2 Å². The van der Waals surface area contributed by atoms with Gasteiger partial charge in [-0.3, -0.25) is 24.1 Å². The third-order valence-electron chi connectivity index (χ3n) is 13.4. The molecule has 8 N–H and O–H groups in total. The molecule has 2 aliphatic heterocycles. The maximum absolute atomic E-state index is 13.6. The summed E-state index contributed by atoms with van der Waals surface area (Å²) >= 11 is 0. The molecular weight excluding hydrogens is 958 g/mol. The summed E-state index contributed by atoms with van der Waals surface area (Å²) in [5.74, 6) is -0.748. The van der Waals surface area contributed by atoms with Crippen molar-refractivity contribution in [3.8, 4) is 17.2 Å². The Morgan fingerprint density at radius 3 is 2.18 bits per heavy atom. The lowest BCUT2D eigenvalue weighted by atomic mass is 9.81. The Morgan fingerprint density at radius 1 is 0.849 bits per heavy atom. The van der Waals surface area contributed by atoms with E-state index in [0.29, 0.717) is 88.3 Å². The van der Waals surface area contributed by atoms with Crippen molar-refractivity contribution >= 4 is 23.7 Å². The molecule has 73 heavy (non-hydrogen) atoms. The van der Waals surface area contributed by atoms with Crippen LogP contribution >= 0.6 is 0 Å². The monoisotopic (exact) mass is 1030 g/mol. The number of aliphatic carboxylic acids is 1. The van der Waals surface area contributed by atoms with Crippen LogP contribution in [0.2, 0.25) is 0 Å². The molecule has 2 aromatic carbocycles. The van der Waals surface area contributed by atoms with Crippen LogP contribution in [0.4, 0.5) is 13.2 Å². The number of carbonyl (C=O) groups is 4. The van der Waals surface area contributed by atoms with Crippen molar-refractivity contribution in [3.05, 3.63) is 65.0 Å². The van der Waals surface area contributed by atoms with Crippen molar-refractivity contribution in [2.24, 2.45) is 29.2 Å². The van der Waals surface area contributed by atoms with E-state index in [2.05, 4.69) is 54.1 Å². The first kappa shape index (κ1) is 56.9. The quantitative estimate of drug-likeness (QED) is 0.0492. The van der Waals surface area contributed by atoms with Gasteiger partial charge in [0.2, 0.25) is 17.7 Å².